The van der Waals surface area contributed by atoms with Gasteiger partial charge >= 0.3 is 0 Å². The predicted molar refractivity (Wildman–Crippen MR) is 70.3 cm³/mol. The van der Waals surface area contributed by atoms with Crippen molar-refractivity contribution in [3.05, 3.63) is 0 Å². The maximum atomic E-state index is 12.4. The third kappa shape index (κ3) is 2.97. The summed E-state index contributed by atoms with van der Waals surface area (Å²) in [5.74, 6) is -1.15. The van der Waals surface area contributed by atoms with Crippen molar-refractivity contribution < 1.29 is 14.8 Å². The number of nitrogens with zero attached hydrogens (tertiary/aromatic N) is 1. The number of carbonyl (C=O) groups is 2. The second-order valence-corrected chi connectivity index (χ2v) is 5.57. The largest absolute Gasteiger partial charge is 0.409 e. The molecule has 6 N–H and O–H groups in total. The molecule has 19 heavy (non-hydrogen) atoms. The summed E-state index contributed by atoms with van der Waals surface area (Å²) in [5.41, 5.74) is 8.73. The molecule has 108 valence electrons. The van der Waals surface area contributed by atoms with Gasteiger partial charge in [-0.05, 0) is 26.7 Å². The van der Waals surface area contributed by atoms with E-state index >= 15 is 0 Å². The van der Waals surface area contributed by atoms with Crippen LogP contribution in [0.1, 0.15) is 46.0 Å². The summed E-state index contributed by atoms with van der Waals surface area (Å²) in [5, 5.41) is 14.5. The van der Waals surface area contributed by atoms with E-state index in [0.29, 0.717) is 12.8 Å². The Bertz CT molecular complexity index is 398. The Balaban J connectivity index is 3.00. The molecule has 0 aromatic carbocycles. The second kappa shape index (κ2) is 5.46. The zero-order valence-corrected chi connectivity index (χ0v) is 11.4. The number of carbonyl (C=O) groups excluding carboxylic acids is 2. The third-order valence-corrected chi connectivity index (χ3v) is 3.78. The van der Waals surface area contributed by atoms with Crippen LogP contribution in [0.5, 0.6) is 0 Å². The van der Waals surface area contributed by atoms with Gasteiger partial charge in [-0.1, -0.05) is 24.4 Å². The molecule has 1 aliphatic rings. The lowest BCUT2D eigenvalue weighted by Gasteiger charge is -2.37. The summed E-state index contributed by atoms with van der Waals surface area (Å²) in [7, 11) is 0. The minimum absolute atomic E-state index is 0.107. The monoisotopic (exact) mass is 270 g/mol. The van der Waals surface area contributed by atoms with Gasteiger partial charge in [0.25, 0.3) is 0 Å². The fourth-order valence-corrected chi connectivity index (χ4v) is 2.32. The molecule has 7 heteroatoms. The van der Waals surface area contributed by atoms with E-state index in [1.165, 1.54) is 13.8 Å². The van der Waals surface area contributed by atoms with E-state index in [9.17, 15) is 9.59 Å². The van der Waals surface area contributed by atoms with E-state index in [1.807, 2.05) is 0 Å². The average Bonchev–Trinajstić information content (AvgIpc) is 2.37. The number of primary amides is 1. The molecule has 0 unspecified atom stereocenters. The zero-order valence-electron chi connectivity index (χ0n) is 11.4. The first kappa shape index (κ1) is 15.3. The molecular formula is C12H22N4O3. The lowest BCUT2D eigenvalue weighted by molar-refractivity contribution is -0.135. The predicted octanol–water partition coefficient (Wildman–Crippen LogP) is 0.0634. The van der Waals surface area contributed by atoms with Gasteiger partial charge in [-0.25, -0.2) is 0 Å². The quantitative estimate of drug-likeness (QED) is 0.249. The number of amidine groups is 1. The SMILES string of the molecule is CC(C)(NC(=O)C1(C(N)=NO)CCCCC1)C(N)=O. The molecule has 0 aliphatic heterocycles. The highest BCUT2D eigenvalue weighted by Gasteiger charge is 2.46. The summed E-state index contributed by atoms with van der Waals surface area (Å²) in [6, 6.07) is 0. The standard InChI is InChI=1S/C12H22N4O3/c1-11(2,9(14)17)15-10(18)12(8(13)16-19)6-4-3-5-7-12/h19H,3-7H2,1-2H3,(H2,13,16)(H2,14,17)(H,15,18). The average molecular weight is 270 g/mol. The van der Waals surface area contributed by atoms with Crippen molar-refractivity contribution in [1.82, 2.24) is 5.32 Å². The smallest absolute Gasteiger partial charge is 0.242 e. The van der Waals surface area contributed by atoms with Gasteiger partial charge in [-0.3, -0.25) is 9.59 Å². The van der Waals surface area contributed by atoms with Crippen molar-refractivity contribution in [3.8, 4) is 0 Å². The minimum Gasteiger partial charge on any atom is -0.409 e. The zero-order chi connectivity index (χ0) is 14.7. The Kier molecular flexibility index (Phi) is 4.39. The summed E-state index contributed by atoms with van der Waals surface area (Å²) in [6.45, 7) is 3.05. The third-order valence-electron chi connectivity index (χ3n) is 3.78. The maximum absolute atomic E-state index is 12.4. The Morgan fingerprint density at radius 1 is 1.21 bits per heavy atom. The number of amides is 2. The first-order chi connectivity index (χ1) is 8.76. The van der Waals surface area contributed by atoms with Gasteiger partial charge < -0.3 is 22.0 Å². The van der Waals surface area contributed by atoms with Crippen LogP contribution in [0.3, 0.4) is 0 Å². The minimum atomic E-state index is -1.17. The van der Waals surface area contributed by atoms with Gasteiger partial charge in [0.15, 0.2) is 5.84 Å². The van der Waals surface area contributed by atoms with Crippen LogP contribution in [0.25, 0.3) is 0 Å². The van der Waals surface area contributed by atoms with Gasteiger partial charge in [0, 0.05) is 0 Å². The van der Waals surface area contributed by atoms with Crippen molar-refractivity contribution >= 4 is 17.6 Å². The fourth-order valence-electron chi connectivity index (χ4n) is 2.32. The lowest BCUT2D eigenvalue weighted by Crippen LogP contribution is -2.60. The number of rotatable bonds is 4. The molecule has 0 radical (unpaired) electrons. The molecule has 1 saturated carbocycles. The second-order valence-electron chi connectivity index (χ2n) is 5.57. The van der Waals surface area contributed by atoms with Gasteiger partial charge in [-0.15, -0.1) is 0 Å². The van der Waals surface area contributed by atoms with Crippen molar-refractivity contribution in [2.75, 3.05) is 0 Å². The first-order valence-corrected chi connectivity index (χ1v) is 6.37. The van der Waals surface area contributed by atoms with Crippen molar-refractivity contribution in [2.24, 2.45) is 22.0 Å². The van der Waals surface area contributed by atoms with Crippen molar-refractivity contribution in [2.45, 2.75) is 51.5 Å². The molecule has 0 atom stereocenters. The highest BCUT2D eigenvalue weighted by Crippen LogP contribution is 2.37. The number of hydrogen-bond donors (Lipinski definition) is 4. The Hall–Kier alpha value is -1.79. The van der Waals surface area contributed by atoms with Gasteiger partial charge in [-0.2, -0.15) is 0 Å². The topological polar surface area (TPSA) is 131 Å². The highest BCUT2D eigenvalue weighted by molar-refractivity contribution is 6.08. The summed E-state index contributed by atoms with van der Waals surface area (Å²) < 4.78 is 0. The van der Waals surface area contributed by atoms with Gasteiger partial charge in [0.1, 0.15) is 11.0 Å². The van der Waals surface area contributed by atoms with E-state index in [0.717, 1.165) is 19.3 Å². The fraction of sp³-hybridized carbons (Fsp3) is 0.750. The van der Waals surface area contributed by atoms with Crippen molar-refractivity contribution in [1.29, 1.82) is 0 Å². The summed E-state index contributed by atoms with van der Waals surface area (Å²) >= 11 is 0. The highest BCUT2D eigenvalue weighted by atomic mass is 16.4. The molecule has 0 spiro atoms. The molecule has 0 aromatic rings. The van der Waals surface area contributed by atoms with E-state index in [4.69, 9.17) is 16.7 Å². The van der Waals surface area contributed by atoms with E-state index in [-0.39, 0.29) is 5.84 Å². The number of oxime groups is 1. The van der Waals surface area contributed by atoms with Crippen LogP contribution < -0.4 is 16.8 Å². The Morgan fingerprint density at radius 2 is 1.74 bits per heavy atom. The summed E-state index contributed by atoms with van der Waals surface area (Å²) in [4.78, 5) is 23.7. The molecule has 0 heterocycles. The summed E-state index contributed by atoms with van der Waals surface area (Å²) in [6.07, 6.45) is 3.65. The molecule has 2 amide bonds. The van der Waals surface area contributed by atoms with Crippen LogP contribution in [0, 0.1) is 5.41 Å². The lowest BCUT2D eigenvalue weighted by atomic mass is 9.72. The van der Waals surface area contributed by atoms with Crippen LogP contribution >= 0.6 is 0 Å². The van der Waals surface area contributed by atoms with Crippen LogP contribution in [-0.4, -0.2) is 28.4 Å². The van der Waals surface area contributed by atoms with Crippen LogP contribution in [-0.2, 0) is 9.59 Å². The van der Waals surface area contributed by atoms with Crippen molar-refractivity contribution in [3.63, 3.8) is 0 Å². The van der Waals surface area contributed by atoms with E-state index in [2.05, 4.69) is 10.5 Å². The molecular weight excluding hydrogens is 248 g/mol. The molecule has 0 aromatic heterocycles. The van der Waals surface area contributed by atoms with Crippen LogP contribution in [0.15, 0.2) is 5.16 Å². The van der Waals surface area contributed by atoms with Gasteiger partial charge in [0.2, 0.25) is 11.8 Å². The normalized spacial score (nSPS) is 19.8. The molecule has 1 aliphatic carbocycles. The van der Waals surface area contributed by atoms with Crippen LogP contribution in [0.4, 0.5) is 0 Å². The van der Waals surface area contributed by atoms with E-state index in [1.54, 1.807) is 0 Å². The van der Waals surface area contributed by atoms with Gasteiger partial charge in [0.05, 0.1) is 0 Å². The first-order valence-electron chi connectivity index (χ1n) is 6.37. The molecule has 0 saturated heterocycles. The Morgan fingerprint density at radius 3 is 2.16 bits per heavy atom. The molecule has 0 bridgehead atoms. The molecule has 1 fully saturated rings. The number of hydrogen-bond acceptors (Lipinski definition) is 4. The van der Waals surface area contributed by atoms with E-state index < -0.39 is 22.8 Å². The maximum Gasteiger partial charge on any atom is 0.242 e. The van der Waals surface area contributed by atoms with Crippen LogP contribution in [0.2, 0.25) is 0 Å². The Labute approximate surface area is 112 Å². The number of nitrogens with two attached hydrogens (primary N) is 2. The number of nitrogens with one attached hydrogen (secondary N) is 1. The molecule has 7 nitrogen and oxygen atoms in total. The molecule has 1 rings (SSSR count).